The van der Waals surface area contributed by atoms with Crippen molar-refractivity contribution in [2.24, 2.45) is 5.84 Å². The van der Waals surface area contributed by atoms with Crippen molar-refractivity contribution in [3.05, 3.63) is 48.0 Å². The first-order valence-corrected chi connectivity index (χ1v) is 5.22. The van der Waals surface area contributed by atoms with E-state index < -0.39 is 0 Å². The fourth-order valence-electron chi connectivity index (χ4n) is 1.89. The zero-order chi connectivity index (χ0) is 11.5. The molecular weight excluding hydrogens is 200 g/mol. The van der Waals surface area contributed by atoms with Gasteiger partial charge in [0.2, 0.25) is 5.91 Å². The fourth-order valence-corrected chi connectivity index (χ4v) is 1.89. The smallest absolute Gasteiger partial charge is 0.241 e. The summed E-state index contributed by atoms with van der Waals surface area (Å²) in [6.45, 7) is 1.85. The van der Waals surface area contributed by atoms with Crippen LogP contribution in [0.15, 0.2) is 42.5 Å². The molecule has 0 bridgehead atoms. The highest BCUT2D eigenvalue weighted by atomic mass is 16.2. The molecule has 0 radical (unpaired) electrons. The highest BCUT2D eigenvalue weighted by molar-refractivity contribution is 5.92. The van der Waals surface area contributed by atoms with Crippen LogP contribution in [0.4, 0.5) is 0 Å². The van der Waals surface area contributed by atoms with Gasteiger partial charge >= 0.3 is 0 Å². The van der Waals surface area contributed by atoms with Crippen molar-refractivity contribution < 1.29 is 4.79 Å². The number of benzene rings is 2. The van der Waals surface area contributed by atoms with Gasteiger partial charge < -0.3 is 0 Å². The first-order chi connectivity index (χ1) is 7.74. The van der Waals surface area contributed by atoms with Crippen LogP contribution < -0.4 is 11.3 Å². The predicted molar refractivity (Wildman–Crippen MR) is 64.7 cm³/mol. The molecule has 2 rings (SSSR count). The van der Waals surface area contributed by atoms with Crippen LogP contribution in [0.1, 0.15) is 18.4 Å². The predicted octanol–water partition coefficient (Wildman–Crippen LogP) is 1.93. The normalized spacial score (nSPS) is 12.4. The summed E-state index contributed by atoms with van der Waals surface area (Å²) in [5.41, 5.74) is 3.19. The van der Waals surface area contributed by atoms with Crippen LogP contribution in [0, 0.1) is 0 Å². The molecule has 0 saturated carbocycles. The number of rotatable bonds is 2. The Bertz CT molecular complexity index is 517. The molecule has 0 aromatic heterocycles. The molecule has 0 saturated heterocycles. The van der Waals surface area contributed by atoms with E-state index in [1.807, 2.05) is 49.4 Å². The van der Waals surface area contributed by atoms with Gasteiger partial charge in [0.1, 0.15) is 0 Å². The van der Waals surface area contributed by atoms with Crippen LogP contribution in [0.2, 0.25) is 0 Å². The molecule has 1 unspecified atom stereocenters. The third-order valence-electron chi connectivity index (χ3n) is 2.83. The minimum absolute atomic E-state index is 0.170. The lowest BCUT2D eigenvalue weighted by molar-refractivity contribution is -0.122. The molecule has 0 spiro atoms. The molecule has 0 aliphatic rings. The molecule has 0 aliphatic carbocycles. The maximum absolute atomic E-state index is 11.5. The van der Waals surface area contributed by atoms with Crippen LogP contribution in [-0.2, 0) is 4.79 Å². The number of hydrazine groups is 1. The van der Waals surface area contributed by atoms with Crippen molar-refractivity contribution in [2.75, 3.05) is 0 Å². The van der Waals surface area contributed by atoms with E-state index in [0.717, 1.165) is 16.3 Å². The molecule has 82 valence electrons. The summed E-state index contributed by atoms with van der Waals surface area (Å²) < 4.78 is 0. The van der Waals surface area contributed by atoms with Gasteiger partial charge in [0.15, 0.2) is 0 Å². The molecule has 3 nitrogen and oxygen atoms in total. The minimum Gasteiger partial charge on any atom is -0.294 e. The van der Waals surface area contributed by atoms with Gasteiger partial charge in [0, 0.05) is 0 Å². The standard InChI is InChI=1S/C13H14N2O/c1-9(13(16)15-14)11-8-4-6-10-5-2-3-7-12(10)11/h2-9H,14H2,1H3,(H,15,16). The number of amides is 1. The maximum Gasteiger partial charge on any atom is 0.241 e. The lowest BCUT2D eigenvalue weighted by Gasteiger charge is -2.12. The summed E-state index contributed by atoms with van der Waals surface area (Å²) in [7, 11) is 0. The number of nitrogens with two attached hydrogens (primary N) is 1. The third kappa shape index (κ3) is 1.77. The van der Waals surface area contributed by atoms with Gasteiger partial charge in [0.25, 0.3) is 0 Å². The molecule has 2 aromatic carbocycles. The van der Waals surface area contributed by atoms with E-state index in [0.29, 0.717) is 0 Å². The quantitative estimate of drug-likeness (QED) is 0.456. The molecule has 0 aliphatic heterocycles. The van der Waals surface area contributed by atoms with Crippen molar-refractivity contribution in [3.63, 3.8) is 0 Å². The van der Waals surface area contributed by atoms with Gasteiger partial charge in [-0.1, -0.05) is 42.5 Å². The zero-order valence-electron chi connectivity index (χ0n) is 9.10. The Morgan fingerprint density at radius 2 is 1.88 bits per heavy atom. The average Bonchev–Trinajstić information content (AvgIpc) is 2.36. The monoisotopic (exact) mass is 214 g/mol. The average molecular weight is 214 g/mol. The lowest BCUT2D eigenvalue weighted by atomic mass is 9.94. The molecular formula is C13H14N2O. The molecule has 0 heterocycles. The number of hydrogen-bond donors (Lipinski definition) is 2. The van der Waals surface area contributed by atoms with Gasteiger partial charge in [-0.05, 0) is 23.3 Å². The summed E-state index contributed by atoms with van der Waals surface area (Å²) in [5.74, 6) is 4.75. The van der Waals surface area contributed by atoms with Crippen LogP contribution in [0.25, 0.3) is 10.8 Å². The van der Waals surface area contributed by atoms with E-state index in [1.165, 1.54) is 0 Å². The molecule has 2 aromatic rings. The molecule has 3 N–H and O–H groups in total. The Labute approximate surface area is 94.2 Å². The van der Waals surface area contributed by atoms with Crippen molar-refractivity contribution in [1.29, 1.82) is 0 Å². The largest absolute Gasteiger partial charge is 0.294 e. The van der Waals surface area contributed by atoms with Gasteiger partial charge in [-0.15, -0.1) is 0 Å². The van der Waals surface area contributed by atoms with Crippen LogP contribution >= 0.6 is 0 Å². The highest BCUT2D eigenvalue weighted by Crippen LogP contribution is 2.25. The fraction of sp³-hybridized carbons (Fsp3) is 0.154. The first kappa shape index (κ1) is 10.6. The van der Waals surface area contributed by atoms with Gasteiger partial charge in [-0.25, -0.2) is 5.84 Å². The Hall–Kier alpha value is -1.87. The van der Waals surface area contributed by atoms with Crippen molar-refractivity contribution >= 4 is 16.7 Å². The molecule has 0 fully saturated rings. The van der Waals surface area contributed by atoms with E-state index >= 15 is 0 Å². The second-order valence-corrected chi connectivity index (χ2v) is 3.80. The number of carbonyl (C=O) groups excluding carboxylic acids is 1. The Kier molecular flexibility index (Phi) is 2.88. The van der Waals surface area contributed by atoms with E-state index in [4.69, 9.17) is 5.84 Å². The highest BCUT2D eigenvalue weighted by Gasteiger charge is 2.15. The molecule has 1 amide bonds. The Balaban J connectivity index is 2.56. The first-order valence-electron chi connectivity index (χ1n) is 5.22. The summed E-state index contributed by atoms with van der Waals surface area (Å²) in [4.78, 5) is 11.5. The van der Waals surface area contributed by atoms with Crippen LogP contribution in [-0.4, -0.2) is 5.91 Å². The van der Waals surface area contributed by atoms with E-state index in [1.54, 1.807) is 0 Å². The molecule has 16 heavy (non-hydrogen) atoms. The summed E-state index contributed by atoms with van der Waals surface area (Å²) in [6, 6.07) is 14.0. The maximum atomic E-state index is 11.5. The number of carbonyl (C=O) groups is 1. The lowest BCUT2D eigenvalue weighted by Crippen LogP contribution is -2.33. The SMILES string of the molecule is CC(C(=O)NN)c1cccc2ccccc12. The van der Waals surface area contributed by atoms with Crippen LogP contribution in [0.3, 0.4) is 0 Å². The number of nitrogens with one attached hydrogen (secondary N) is 1. The Morgan fingerprint density at radius 3 is 2.62 bits per heavy atom. The number of fused-ring (bicyclic) bond motifs is 1. The van der Waals surface area contributed by atoms with Gasteiger partial charge in [-0.3, -0.25) is 10.2 Å². The molecule has 3 heteroatoms. The van der Waals surface area contributed by atoms with E-state index in [-0.39, 0.29) is 11.8 Å². The Morgan fingerprint density at radius 1 is 1.19 bits per heavy atom. The summed E-state index contributed by atoms with van der Waals surface area (Å²) in [5, 5.41) is 2.23. The summed E-state index contributed by atoms with van der Waals surface area (Å²) in [6.07, 6.45) is 0. The molecule has 1 atom stereocenters. The second kappa shape index (κ2) is 4.33. The van der Waals surface area contributed by atoms with E-state index in [9.17, 15) is 4.79 Å². The minimum atomic E-state index is -0.240. The summed E-state index contributed by atoms with van der Waals surface area (Å²) >= 11 is 0. The van der Waals surface area contributed by atoms with Crippen molar-refractivity contribution in [1.82, 2.24) is 5.43 Å². The van der Waals surface area contributed by atoms with Gasteiger partial charge in [-0.2, -0.15) is 0 Å². The zero-order valence-corrected chi connectivity index (χ0v) is 9.10. The topological polar surface area (TPSA) is 55.1 Å². The van der Waals surface area contributed by atoms with Gasteiger partial charge in [0.05, 0.1) is 5.92 Å². The second-order valence-electron chi connectivity index (χ2n) is 3.80. The van der Waals surface area contributed by atoms with E-state index in [2.05, 4.69) is 5.43 Å². The van der Waals surface area contributed by atoms with Crippen LogP contribution in [0.5, 0.6) is 0 Å². The third-order valence-corrected chi connectivity index (χ3v) is 2.83. The van der Waals surface area contributed by atoms with Crippen molar-refractivity contribution in [3.8, 4) is 0 Å². The van der Waals surface area contributed by atoms with Crippen molar-refractivity contribution in [2.45, 2.75) is 12.8 Å². The number of hydrogen-bond acceptors (Lipinski definition) is 2.